The van der Waals surface area contributed by atoms with Gasteiger partial charge >= 0.3 is 17.9 Å². The van der Waals surface area contributed by atoms with Gasteiger partial charge in [0.25, 0.3) is 0 Å². The molecule has 111 heavy (non-hydrogen) atoms. The van der Waals surface area contributed by atoms with E-state index in [-0.39, 0.29) is 66.9 Å². The van der Waals surface area contributed by atoms with Gasteiger partial charge in [-0.15, -0.1) is 15.3 Å². The maximum absolute atomic E-state index is 13.0. The molecule has 12 aromatic rings. The van der Waals surface area contributed by atoms with Crippen LogP contribution in [0.1, 0.15) is 158 Å². The van der Waals surface area contributed by atoms with Crippen molar-refractivity contribution < 1.29 is 48.0 Å². The predicted octanol–water partition coefficient (Wildman–Crippen LogP) is 14.7. The minimum Gasteiger partial charge on any atom is -0.481 e. The highest BCUT2D eigenvalue weighted by atomic mass is 32.2. The maximum Gasteiger partial charge on any atom is 0.304 e. The molecular weight excluding hydrogens is 1420 g/mol. The van der Waals surface area contributed by atoms with Crippen LogP contribution in [0.5, 0.6) is 0 Å². The Balaban J connectivity index is 0.000000152. The summed E-state index contributed by atoms with van der Waals surface area (Å²) in [7, 11) is 0. The van der Waals surface area contributed by atoms with Crippen molar-refractivity contribution in [3.63, 3.8) is 0 Å². The van der Waals surface area contributed by atoms with Gasteiger partial charge < -0.3 is 30.0 Å². The summed E-state index contributed by atoms with van der Waals surface area (Å²) in [5.41, 5.74) is 23.7. The molecule has 9 aromatic carbocycles. The zero-order chi connectivity index (χ0) is 78.4. The number of carboxylic acid groups (broad SMARTS) is 3. The van der Waals surface area contributed by atoms with Crippen molar-refractivity contribution in [3.8, 4) is 0 Å². The van der Waals surface area contributed by atoms with Crippen molar-refractivity contribution in [2.75, 3.05) is 25.9 Å². The second-order valence-corrected chi connectivity index (χ2v) is 28.8. The Hall–Kier alpha value is -11.7. The fraction of sp³-hybridized carbons (Fsp3) is 0.318. The van der Waals surface area contributed by atoms with Crippen molar-refractivity contribution >= 4 is 80.9 Å². The van der Waals surface area contributed by atoms with E-state index in [1.807, 2.05) is 216 Å². The molecule has 1 unspecified atom stereocenters. The molecule has 3 atom stereocenters. The van der Waals surface area contributed by atoms with E-state index in [1.165, 1.54) is 22.9 Å². The molecule has 6 heterocycles. The second-order valence-electron chi connectivity index (χ2n) is 28.5. The van der Waals surface area contributed by atoms with Crippen molar-refractivity contribution in [2.45, 2.75) is 156 Å². The van der Waals surface area contributed by atoms with Gasteiger partial charge in [0.1, 0.15) is 16.6 Å². The molecule has 23 heteroatoms. The number of nitrogens with zero attached hydrogens (tertiary/aromatic N) is 12. The minimum atomic E-state index is -0.853. The highest BCUT2D eigenvalue weighted by molar-refractivity contribution is 7.93. The van der Waals surface area contributed by atoms with Crippen LogP contribution in [0.15, 0.2) is 182 Å². The third-order valence-corrected chi connectivity index (χ3v) is 21.7. The Morgan fingerprint density at radius 2 is 0.649 bits per heavy atom. The lowest BCUT2D eigenvalue weighted by Gasteiger charge is -2.30. The Labute approximate surface area is 649 Å². The molecule has 15 rings (SSSR count). The summed E-state index contributed by atoms with van der Waals surface area (Å²) in [4.78, 5) is 80.4. The van der Waals surface area contributed by atoms with Crippen molar-refractivity contribution in [2.24, 2.45) is 0 Å². The Kier molecular flexibility index (Phi) is 25.7. The van der Waals surface area contributed by atoms with Gasteiger partial charge in [-0.2, -0.15) is 3.89 Å². The van der Waals surface area contributed by atoms with E-state index in [0.717, 1.165) is 155 Å². The number of aryl methyl sites for hydroxylation is 6. The van der Waals surface area contributed by atoms with Crippen LogP contribution in [0.25, 0.3) is 33.1 Å². The van der Waals surface area contributed by atoms with Gasteiger partial charge in [-0.3, -0.25) is 28.8 Å². The third-order valence-electron chi connectivity index (χ3n) is 21.7. The standard InChI is InChI=1S/3C29H30N4O3.CH3FS/c3*1-3-33-26-12-11-24(19(2)29(26)30-31-33)25(17-28(35)36)22-10-9-21-13-14-32(18-23(21)16-22)27(34)15-20-7-5-4-6-8-20;1-3-2/h3*4-12,16,25H,3,13-15,17-18H2,1-2H3,(H,35,36);1H3/t2*25-;;/m10../s1. The number of halogens is 1. The minimum absolute atomic E-state index is 0.0241. The zero-order valence-electron chi connectivity index (χ0n) is 63.7. The number of hydrogen-bond donors (Lipinski definition) is 3. The SMILES string of the molecule is CCn1nnc2c(C)c(C(CC(=O)O)c3ccc4c(c3)CN(C(=O)Cc3ccccc3)CC4)ccc21.CCn1nnc2c(C)c([C@@H](CC(=O)O)c3ccc4c(c3)CN(C(=O)Cc3ccccc3)CC4)ccc21.CCn1nnc2c(C)c([C@H](CC(=O)O)c3ccc4c(c3)CN(C(=O)Cc3ccccc3)CC4)ccc21.CSF. The van der Waals surface area contributed by atoms with E-state index in [4.69, 9.17) is 0 Å². The molecular formula is C88H93FN12O9S. The van der Waals surface area contributed by atoms with Gasteiger partial charge in [0.15, 0.2) is 0 Å². The van der Waals surface area contributed by atoms with Gasteiger partial charge in [-0.05, 0) is 179 Å². The molecule has 21 nitrogen and oxygen atoms in total. The molecule has 3 N–H and O–H groups in total. The second kappa shape index (κ2) is 36.2. The van der Waals surface area contributed by atoms with E-state index in [2.05, 4.69) is 67.3 Å². The first-order valence-corrected chi connectivity index (χ1v) is 39.0. The summed E-state index contributed by atoms with van der Waals surface area (Å²) in [5, 5.41) is 55.1. The average Bonchev–Trinajstić information content (AvgIpc) is 1.76. The summed E-state index contributed by atoms with van der Waals surface area (Å²) in [6, 6.07) is 60.1. The molecule has 3 amide bonds. The smallest absolute Gasteiger partial charge is 0.304 e. The highest BCUT2D eigenvalue weighted by Crippen LogP contribution is 2.39. The van der Waals surface area contributed by atoms with E-state index in [1.54, 1.807) is 0 Å². The maximum atomic E-state index is 13.0. The Morgan fingerprint density at radius 3 is 0.892 bits per heavy atom. The molecule has 0 bridgehead atoms. The van der Waals surface area contributed by atoms with E-state index in [9.17, 15) is 48.0 Å². The molecule has 3 aliphatic heterocycles. The van der Waals surface area contributed by atoms with Gasteiger partial charge in [0.05, 0.1) is 55.1 Å². The van der Waals surface area contributed by atoms with Crippen molar-refractivity contribution in [1.82, 2.24) is 59.7 Å². The van der Waals surface area contributed by atoms with Gasteiger partial charge in [0, 0.05) is 95.1 Å². The van der Waals surface area contributed by atoms with Crippen LogP contribution < -0.4 is 0 Å². The lowest BCUT2D eigenvalue weighted by molar-refractivity contribution is -0.138. The van der Waals surface area contributed by atoms with Gasteiger partial charge in [-0.25, -0.2) is 14.0 Å². The predicted molar refractivity (Wildman–Crippen MR) is 428 cm³/mol. The summed E-state index contributed by atoms with van der Waals surface area (Å²) in [6.07, 6.45) is 4.84. The molecule has 0 saturated carbocycles. The van der Waals surface area contributed by atoms with Crippen LogP contribution in [-0.2, 0) is 107 Å². The Bertz CT molecular complexity index is 4840. The lowest BCUT2D eigenvalue weighted by atomic mass is 9.83. The monoisotopic (exact) mass is 1510 g/mol. The molecule has 0 fully saturated rings. The molecule has 572 valence electrons. The number of fused-ring (bicyclic) bond motifs is 6. The first kappa shape index (κ1) is 78.8. The third kappa shape index (κ3) is 18.4. The number of rotatable bonds is 21. The molecule has 0 saturated heterocycles. The molecule has 0 aliphatic carbocycles. The van der Waals surface area contributed by atoms with Crippen molar-refractivity contribution in [3.05, 3.63) is 282 Å². The van der Waals surface area contributed by atoms with Gasteiger partial charge in [0.2, 0.25) is 17.7 Å². The molecule has 0 radical (unpaired) electrons. The summed E-state index contributed by atoms with van der Waals surface area (Å²) >= 11 is 0.250. The number of aliphatic carboxylic acids is 3. The summed E-state index contributed by atoms with van der Waals surface area (Å²) in [5.74, 6) is -3.19. The van der Waals surface area contributed by atoms with Crippen LogP contribution in [0.2, 0.25) is 0 Å². The van der Waals surface area contributed by atoms with E-state index in [0.29, 0.717) is 58.5 Å². The fourth-order valence-corrected chi connectivity index (χ4v) is 15.8. The molecule has 0 spiro atoms. The van der Waals surface area contributed by atoms with Crippen LogP contribution >= 0.6 is 12.1 Å². The van der Waals surface area contributed by atoms with Gasteiger partial charge in [-0.1, -0.05) is 179 Å². The quantitative estimate of drug-likeness (QED) is 0.0603. The van der Waals surface area contributed by atoms with Crippen molar-refractivity contribution in [1.29, 1.82) is 0 Å². The number of carbonyl (C=O) groups is 6. The first-order chi connectivity index (χ1) is 53.7. The number of amides is 3. The lowest BCUT2D eigenvalue weighted by Crippen LogP contribution is -2.37. The summed E-state index contributed by atoms with van der Waals surface area (Å²) < 4.78 is 15.7. The topological polar surface area (TPSA) is 265 Å². The van der Waals surface area contributed by atoms with Crippen LogP contribution in [0.4, 0.5) is 3.89 Å². The number of carbonyl (C=O) groups excluding carboxylic acids is 3. The Morgan fingerprint density at radius 1 is 0.387 bits per heavy atom. The fourth-order valence-electron chi connectivity index (χ4n) is 15.8. The number of carboxylic acids is 3. The van der Waals surface area contributed by atoms with E-state index >= 15 is 0 Å². The highest BCUT2D eigenvalue weighted by Gasteiger charge is 2.31. The van der Waals surface area contributed by atoms with E-state index < -0.39 is 17.9 Å². The normalized spacial score (nSPS) is 13.8. The van der Waals surface area contributed by atoms with Crippen LogP contribution in [-0.4, -0.2) is 137 Å². The first-order valence-electron chi connectivity index (χ1n) is 37.8. The number of aromatic nitrogens is 9. The average molecular weight is 1510 g/mol. The largest absolute Gasteiger partial charge is 0.481 e. The molecule has 3 aliphatic rings. The molecule has 3 aromatic heterocycles. The zero-order valence-corrected chi connectivity index (χ0v) is 64.5. The van der Waals surface area contributed by atoms with Crippen LogP contribution in [0, 0.1) is 20.8 Å². The number of benzene rings is 9. The summed E-state index contributed by atoms with van der Waals surface area (Å²) in [6.45, 7) is 17.9. The number of hydrogen-bond acceptors (Lipinski definition) is 13. The van der Waals surface area contributed by atoms with Crippen LogP contribution in [0.3, 0.4) is 0 Å².